The van der Waals surface area contributed by atoms with Crippen molar-refractivity contribution in [1.82, 2.24) is 9.44 Å². The third-order valence-corrected chi connectivity index (χ3v) is 8.97. The fourth-order valence-electron chi connectivity index (χ4n) is 4.34. The van der Waals surface area contributed by atoms with E-state index in [1.807, 2.05) is 65.8 Å². The molecule has 0 heterocycles. The number of hydrogen-bond acceptors (Lipinski definition) is 4. The van der Waals surface area contributed by atoms with Crippen LogP contribution in [-0.4, -0.2) is 29.9 Å². The molecule has 178 valence electrons. The lowest BCUT2D eigenvalue weighted by Crippen LogP contribution is -2.27. The van der Waals surface area contributed by atoms with Gasteiger partial charge in [-0.1, -0.05) is 48.2 Å². The molecule has 0 amide bonds. The average Bonchev–Trinajstić information content (AvgIpc) is 2.61. The van der Waals surface area contributed by atoms with Crippen LogP contribution in [0.5, 0.6) is 0 Å². The fraction of sp³-hybridized carbons (Fsp3) is 0.500. The number of nitrogens with one attached hydrogen (secondary N) is 2. The van der Waals surface area contributed by atoms with Crippen molar-refractivity contribution in [3.63, 3.8) is 0 Å². The molecule has 2 rings (SSSR count). The van der Waals surface area contributed by atoms with Crippen LogP contribution in [0.1, 0.15) is 59.1 Å². The van der Waals surface area contributed by atoms with Crippen LogP contribution in [0.15, 0.2) is 34.1 Å². The molecule has 2 aromatic carbocycles. The number of unbranched alkanes of at least 4 members (excludes halogenated alkanes) is 3. The maximum atomic E-state index is 12.7. The molecule has 0 spiro atoms. The zero-order valence-corrected chi connectivity index (χ0v) is 21.6. The predicted molar refractivity (Wildman–Crippen MR) is 130 cm³/mol. The maximum Gasteiger partial charge on any atom is 0.241 e. The van der Waals surface area contributed by atoms with Gasteiger partial charge in [0.05, 0.1) is 9.79 Å². The first kappa shape index (κ1) is 26.5. The van der Waals surface area contributed by atoms with E-state index in [1.165, 1.54) is 0 Å². The maximum absolute atomic E-state index is 12.7. The van der Waals surface area contributed by atoms with E-state index in [0.29, 0.717) is 35.7 Å². The van der Waals surface area contributed by atoms with Gasteiger partial charge in [0.15, 0.2) is 0 Å². The van der Waals surface area contributed by atoms with Gasteiger partial charge in [0, 0.05) is 13.1 Å². The topological polar surface area (TPSA) is 92.3 Å². The first-order chi connectivity index (χ1) is 14.8. The molecular formula is C24H36N2O4S2. The highest BCUT2D eigenvalue weighted by Crippen LogP contribution is 2.22. The Bertz CT molecular complexity index is 1030. The minimum atomic E-state index is -3.54. The summed E-state index contributed by atoms with van der Waals surface area (Å²) in [5.41, 5.74) is 5.09. The van der Waals surface area contributed by atoms with Gasteiger partial charge in [0.25, 0.3) is 0 Å². The Labute approximate surface area is 193 Å². The first-order valence-electron chi connectivity index (χ1n) is 11.0. The quantitative estimate of drug-likeness (QED) is 0.468. The Morgan fingerprint density at radius 1 is 0.531 bits per heavy atom. The van der Waals surface area contributed by atoms with Crippen LogP contribution in [0, 0.1) is 41.5 Å². The lowest BCUT2D eigenvalue weighted by molar-refractivity contribution is 0.561. The summed E-state index contributed by atoms with van der Waals surface area (Å²) in [6.07, 6.45) is 3.04. The number of rotatable bonds is 11. The van der Waals surface area contributed by atoms with Crippen LogP contribution >= 0.6 is 0 Å². The molecule has 0 fully saturated rings. The Hall–Kier alpha value is -1.74. The van der Waals surface area contributed by atoms with Crippen molar-refractivity contribution >= 4 is 20.0 Å². The molecule has 8 heteroatoms. The Morgan fingerprint density at radius 2 is 0.812 bits per heavy atom. The first-order valence-corrected chi connectivity index (χ1v) is 14.0. The van der Waals surface area contributed by atoms with E-state index >= 15 is 0 Å². The summed E-state index contributed by atoms with van der Waals surface area (Å²) in [7, 11) is -7.08. The summed E-state index contributed by atoms with van der Waals surface area (Å²) in [5.74, 6) is 0. The standard InChI is InChI=1S/C24H36N2O4S2/c1-17-13-19(3)23(20(4)14-17)31(27,28)25-11-9-7-8-10-12-26-32(29,30)24-21(5)15-18(2)16-22(24)6/h13-16,25-26H,7-12H2,1-6H3. The molecule has 0 radical (unpaired) electrons. The highest BCUT2D eigenvalue weighted by Gasteiger charge is 2.20. The van der Waals surface area contributed by atoms with Gasteiger partial charge in [-0.05, 0) is 76.6 Å². The number of aryl methyl sites for hydroxylation is 6. The van der Waals surface area contributed by atoms with Crippen molar-refractivity contribution < 1.29 is 16.8 Å². The van der Waals surface area contributed by atoms with E-state index in [2.05, 4.69) is 9.44 Å². The summed E-state index contributed by atoms with van der Waals surface area (Å²) in [4.78, 5) is 0.721. The van der Waals surface area contributed by atoms with Gasteiger partial charge in [-0.15, -0.1) is 0 Å². The van der Waals surface area contributed by atoms with Crippen LogP contribution in [0.2, 0.25) is 0 Å². The number of benzene rings is 2. The summed E-state index contributed by atoms with van der Waals surface area (Å²) in [6, 6.07) is 7.51. The minimum Gasteiger partial charge on any atom is -0.211 e. The van der Waals surface area contributed by atoms with Gasteiger partial charge in [-0.25, -0.2) is 26.3 Å². The average molecular weight is 481 g/mol. The van der Waals surface area contributed by atoms with Crippen LogP contribution in [-0.2, 0) is 20.0 Å². The van der Waals surface area contributed by atoms with Crippen LogP contribution in [0.4, 0.5) is 0 Å². The third-order valence-electron chi connectivity index (χ3n) is 5.43. The normalized spacial score (nSPS) is 12.3. The molecule has 0 aliphatic carbocycles. The third kappa shape index (κ3) is 6.88. The van der Waals surface area contributed by atoms with Crippen LogP contribution in [0.25, 0.3) is 0 Å². The summed E-state index contributed by atoms with van der Waals surface area (Å²) >= 11 is 0. The largest absolute Gasteiger partial charge is 0.241 e. The second-order valence-electron chi connectivity index (χ2n) is 8.67. The molecule has 0 aliphatic rings. The molecule has 2 N–H and O–H groups in total. The van der Waals surface area contributed by atoms with Gasteiger partial charge >= 0.3 is 0 Å². The van der Waals surface area contributed by atoms with E-state index in [4.69, 9.17) is 0 Å². The molecule has 32 heavy (non-hydrogen) atoms. The predicted octanol–water partition coefficient (Wildman–Crippen LogP) is 4.35. The molecule has 0 unspecified atom stereocenters. The molecule has 0 aliphatic heterocycles. The van der Waals surface area contributed by atoms with E-state index in [0.717, 1.165) is 46.2 Å². The Morgan fingerprint density at radius 3 is 1.09 bits per heavy atom. The van der Waals surface area contributed by atoms with Gasteiger partial charge in [0.1, 0.15) is 0 Å². The molecule has 0 aromatic heterocycles. The van der Waals surface area contributed by atoms with Crippen molar-refractivity contribution in [3.8, 4) is 0 Å². The summed E-state index contributed by atoms with van der Waals surface area (Å²) < 4.78 is 56.0. The van der Waals surface area contributed by atoms with Crippen LogP contribution < -0.4 is 9.44 Å². The summed E-state index contributed by atoms with van der Waals surface area (Å²) in [5, 5.41) is 0. The zero-order chi connectivity index (χ0) is 24.1. The van der Waals surface area contributed by atoms with Gasteiger partial charge in [0.2, 0.25) is 20.0 Å². The van der Waals surface area contributed by atoms with Crippen molar-refractivity contribution in [1.29, 1.82) is 0 Å². The highest BCUT2D eigenvalue weighted by atomic mass is 32.2. The van der Waals surface area contributed by atoms with Crippen molar-refractivity contribution in [2.45, 2.75) is 77.0 Å². The SMILES string of the molecule is Cc1cc(C)c(S(=O)(=O)NCCCCCCNS(=O)(=O)c2c(C)cc(C)cc2C)c(C)c1. The minimum absolute atomic E-state index is 0.360. The second kappa shape index (κ2) is 10.9. The summed E-state index contributed by atoms with van der Waals surface area (Å²) in [6.45, 7) is 11.9. The monoisotopic (exact) mass is 480 g/mol. The number of hydrogen-bond donors (Lipinski definition) is 2. The van der Waals surface area contributed by atoms with E-state index in [-0.39, 0.29) is 0 Å². The van der Waals surface area contributed by atoms with Gasteiger partial charge in [-0.2, -0.15) is 0 Å². The Kier molecular flexibility index (Phi) is 9.05. The zero-order valence-electron chi connectivity index (χ0n) is 20.0. The lowest BCUT2D eigenvalue weighted by atomic mass is 10.1. The molecule has 0 saturated heterocycles. The van der Waals surface area contributed by atoms with E-state index < -0.39 is 20.0 Å². The van der Waals surface area contributed by atoms with Gasteiger partial charge < -0.3 is 0 Å². The molecule has 0 saturated carbocycles. The van der Waals surface area contributed by atoms with E-state index in [9.17, 15) is 16.8 Å². The second-order valence-corrected chi connectivity index (χ2v) is 12.1. The highest BCUT2D eigenvalue weighted by molar-refractivity contribution is 7.89. The Balaban J connectivity index is 1.76. The smallest absolute Gasteiger partial charge is 0.211 e. The lowest BCUT2D eigenvalue weighted by Gasteiger charge is -2.13. The van der Waals surface area contributed by atoms with E-state index in [1.54, 1.807) is 0 Å². The van der Waals surface area contributed by atoms with Crippen LogP contribution in [0.3, 0.4) is 0 Å². The fourth-order valence-corrected chi connectivity index (χ4v) is 7.39. The van der Waals surface area contributed by atoms with Gasteiger partial charge in [-0.3, -0.25) is 0 Å². The van der Waals surface area contributed by atoms with Crippen molar-refractivity contribution in [2.24, 2.45) is 0 Å². The molecular weight excluding hydrogens is 444 g/mol. The molecule has 0 atom stereocenters. The molecule has 6 nitrogen and oxygen atoms in total. The number of sulfonamides is 2. The van der Waals surface area contributed by atoms with Crippen molar-refractivity contribution in [3.05, 3.63) is 57.6 Å². The van der Waals surface area contributed by atoms with Crippen molar-refractivity contribution in [2.75, 3.05) is 13.1 Å². The molecule has 2 aromatic rings. The molecule has 0 bridgehead atoms.